The van der Waals surface area contributed by atoms with Gasteiger partial charge in [-0.1, -0.05) is 24.3 Å². The molecule has 2 rings (SSSR count). The topological polar surface area (TPSA) is 72.2 Å². The smallest absolute Gasteiger partial charge is 0.326 e. The van der Waals surface area contributed by atoms with Crippen LogP contribution in [0, 0.1) is 0 Å². The Morgan fingerprint density at radius 1 is 1.35 bits per heavy atom. The van der Waals surface area contributed by atoms with Crippen molar-refractivity contribution in [2.24, 2.45) is 5.73 Å². The summed E-state index contributed by atoms with van der Waals surface area (Å²) < 4.78 is 48.8. The van der Waals surface area contributed by atoms with Crippen molar-refractivity contribution in [3.63, 3.8) is 0 Å². The first-order valence-electron chi connectivity index (χ1n) is 5.04. The van der Waals surface area contributed by atoms with Crippen molar-refractivity contribution < 1.29 is 17.2 Å². The molecule has 4 nitrogen and oxygen atoms in total. The first-order valence-corrected chi connectivity index (χ1v) is 6.59. The van der Waals surface area contributed by atoms with E-state index in [4.69, 9.17) is 5.73 Å². The van der Waals surface area contributed by atoms with Crippen molar-refractivity contribution in [3.8, 4) is 0 Å². The lowest BCUT2D eigenvalue weighted by Crippen LogP contribution is -2.40. The number of nitrogens with two attached hydrogens (primary N) is 1. The van der Waals surface area contributed by atoms with Crippen LogP contribution in [-0.2, 0) is 16.4 Å². The molecule has 1 aromatic carbocycles. The summed E-state index contributed by atoms with van der Waals surface area (Å²) in [4.78, 5) is 0. The highest BCUT2D eigenvalue weighted by Crippen LogP contribution is 2.31. The van der Waals surface area contributed by atoms with Gasteiger partial charge in [0.15, 0.2) is 0 Å². The predicted molar refractivity (Wildman–Crippen MR) is 58.9 cm³/mol. The van der Waals surface area contributed by atoms with Crippen LogP contribution in [0.25, 0.3) is 0 Å². The van der Waals surface area contributed by atoms with E-state index in [1.807, 2.05) is 10.8 Å². The fraction of sp³-hybridized carbons (Fsp3) is 0.400. The number of fused-ring (bicyclic) bond motifs is 1. The van der Waals surface area contributed by atoms with E-state index in [1.165, 1.54) is 0 Å². The van der Waals surface area contributed by atoms with Crippen molar-refractivity contribution in [3.05, 3.63) is 35.4 Å². The molecule has 0 saturated carbocycles. The summed E-state index contributed by atoms with van der Waals surface area (Å²) in [6.07, 6.45) is 0.479. The molecule has 7 heteroatoms. The van der Waals surface area contributed by atoms with Gasteiger partial charge in [-0.3, -0.25) is 0 Å². The highest BCUT2D eigenvalue weighted by Gasteiger charge is 2.35. The number of sulfonamides is 1. The molecule has 0 saturated heterocycles. The van der Waals surface area contributed by atoms with Gasteiger partial charge < -0.3 is 5.73 Å². The Hall–Kier alpha value is -1.05. The zero-order valence-corrected chi connectivity index (χ0v) is 9.62. The molecule has 94 valence electrons. The van der Waals surface area contributed by atoms with E-state index in [0.717, 1.165) is 5.56 Å². The second kappa shape index (κ2) is 4.32. The third-order valence-electron chi connectivity index (χ3n) is 2.80. The number of hydrogen-bond donors (Lipinski definition) is 2. The van der Waals surface area contributed by atoms with Gasteiger partial charge in [0.25, 0.3) is 10.0 Å². The Morgan fingerprint density at radius 2 is 2.00 bits per heavy atom. The minimum Gasteiger partial charge on any atom is -0.326 e. The maximum Gasteiger partial charge on any atom is 0.350 e. The molecule has 0 bridgehead atoms. The zero-order chi connectivity index (χ0) is 12.6. The Balaban J connectivity index is 2.29. The van der Waals surface area contributed by atoms with Crippen LogP contribution >= 0.6 is 0 Å². The van der Waals surface area contributed by atoms with Gasteiger partial charge in [-0.2, -0.15) is 8.78 Å². The number of halogens is 2. The van der Waals surface area contributed by atoms with Crippen LogP contribution in [-0.4, -0.2) is 20.2 Å². The van der Waals surface area contributed by atoms with Gasteiger partial charge in [-0.15, -0.1) is 0 Å². The number of alkyl halides is 2. The number of hydrogen-bond acceptors (Lipinski definition) is 3. The molecule has 17 heavy (non-hydrogen) atoms. The van der Waals surface area contributed by atoms with E-state index in [2.05, 4.69) is 0 Å². The van der Waals surface area contributed by atoms with Crippen LogP contribution < -0.4 is 10.5 Å². The van der Waals surface area contributed by atoms with Crippen LogP contribution in [0.4, 0.5) is 8.78 Å². The molecule has 0 fully saturated rings. The van der Waals surface area contributed by atoms with Gasteiger partial charge >= 0.3 is 5.76 Å². The number of benzene rings is 1. The summed E-state index contributed by atoms with van der Waals surface area (Å²) in [7, 11) is -4.62. The molecule has 1 aromatic rings. The summed E-state index contributed by atoms with van der Waals surface area (Å²) in [5.41, 5.74) is 7.33. The molecule has 0 aromatic heterocycles. The quantitative estimate of drug-likeness (QED) is 0.844. The molecular weight excluding hydrogens is 250 g/mol. The fourth-order valence-corrected chi connectivity index (χ4v) is 2.76. The summed E-state index contributed by atoms with van der Waals surface area (Å²) in [6, 6.07) is 5.74. The predicted octanol–water partition coefficient (Wildman–Crippen LogP) is 0.753. The van der Waals surface area contributed by atoms with E-state index in [9.17, 15) is 17.2 Å². The Morgan fingerprint density at radius 3 is 2.65 bits per heavy atom. The normalized spacial score (nSPS) is 24.0. The van der Waals surface area contributed by atoms with Crippen LogP contribution in [0.5, 0.6) is 0 Å². The van der Waals surface area contributed by atoms with Crippen LogP contribution in [0.3, 0.4) is 0 Å². The average molecular weight is 262 g/mol. The van der Waals surface area contributed by atoms with Crippen molar-refractivity contribution in [1.29, 1.82) is 0 Å². The van der Waals surface area contributed by atoms with E-state index < -0.39 is 27.9 Å². The highest BCUT2D eigenvalue weighted by molar-refractivity contribution is 7.89. The molecular formula is C10H12F2N2O2S. The van der Waals surface area contributed by atoms with Gasteiger partial charge in [0.2, 0.25) is 0 Å². The van der Waals surface area contributed by atoms with Crippen LogP contribution in [0.15, 0.2) is 24.3 Å². The SMILES string of the molecule is NC1Cc2ccccc2C1NS(=O)(=O)C(F)F. The number of nitrogens with one attached hydrogen (secondary N) is 1. The first-order chi connectivity index (χ1) is 7.92. The van der Waals surface area contributed by atoms with Crippen molar-refractivity contribution in [1.82, 2.24) is 4.72 Å². The second-order valence-corrected chi connectivity index (χ2v) is 5.65. The van der Waals surface area contributed by atoms with Gasteiger partial charge in [0.05, 0.1) is 6.04 Å². The van der Waals surface area contributed by atoms with E-state index in [-0.39, 0.29) is 0 Å². The Kier molecular flexibility index (Phi) is 3.15. The standard InChI is InChI=1S/C10H12F2N2O2S/c11-10(12)17(15,16)14-9-7-4-2-1-3-6(7)5-8(9)13/h1-4,8-10,14H,5,13H2. The minimum atomic E-state index is -4.62. The van der Waals surface area contributed by atoms with Gasteiger partial charge in [0, 0.05) is 6.04 Å². The minimum absolute atomic E-state index is 0.479. The molecule has 1 aliphatic rings. The van der Waals surface area contributed by atoms with Crippen molar-refractivity contribution in [2.75, 3.05) is 0 Å². The Bertz CT molecular complexity index is 519. The maximum absolute atomic E-state index is 12.3. The number of rotatable bonds is 3. The van der Waals surface area contributed by atoms with Gasteiger partial charge in [0.1, 0.15) is 0 Å². The largest absolute Gasteiger partial charge is 0.350 e. The lowest BCUT2D eigenvalue weighted by Gasteiger charge is -2.18. The molecule has 0 aliphatic heterocycles. The first kappa shape index (κ1) is 12.4. The molecule has 0 radical (unpaired) electrons. The van der Waals surface area contributed by atoms with Gasteiger partial charge in [-0.25, -0.2) is 13.1 Å². The van der Waals surface area contributed by atoms with E-state index in [1.54, 1.807) is 18.2 Å². The van der Waals surface area contributed by atoms with Crippen LogP contribution in [0.2, 0.25) is 0 Å². The zero-order valence-electron chi connectivity index (χ0n) is 8.81. The lowest BCUT2D eigenvalue weighted by molar-refractivity contribution is 0.231. The summed E-state index contributed by atoms with van der Waals surface area (Å²) in [5.74, 6) is -3.44. The molecule has 0 spiro atoms. The van der Waals surface area contributed by atoms with E-state index in [0.29, 0.717) is 12.0 Å². The molecule has 2 unspecified atom stereocenters. The summed E-state index contributed by atoms with van der Waals surface area (Å²) in [5, 5.41) is 0. The third kappa shape index (κ3) is 2.31. The lowest BCUT2D eigenvalue weighted by atomic mass is 10.1. The Labute approximate surface area is 97.9 Å². The highest BCUT2D eigenvalue weighted by atomic mass is 32.2. The second-order valence-electron chi connectivity index (χ2n) is 3.97. The molecule has 0 heterocycles. The van der Waals surface area contributed by atoms with Crippen LogP contribution in [0.1, 0.15) is 17.2 Å². The fourth-order valence-electron chi connectivity index (χ4n) is 2.01. The molecule has 1 aliphatic carbocycles. The van der Waals surface area contributed by atoms with Gasteiger partial charge in [-0.05, 0) is 17.5 Å². The molecule has 3 N–H and O–H groups in total. The monoisotopic (exact) mass is 262 g/mol. The average Bonchev–Trinajstić information content (AvgIpc) is 2.55. The summed E-state index contributed by atoms with van der Waals surface area (Å²) in [6.45, 7) is 0. The van der Waals surface area contributed by atoms with Crippen molar-refractivity contribution >= 4 is 10.0 Å². The maximum atomic E-state index is 12.3. The molecule has 2 atom stereocenters. The van der Waals surface area contributed by atoms with E-state index >= 15 is 0 Å². The molecule has 0 amide bonds. The van der Waals surface area contributed by atoms with Crippen molar-refractivity contribution in [2.45, 2.75) is 24.3 Å². The summed E-state index contributed by atoms with van der Waals surface area (Å²) >= 11 is 0. The third-order valence-corrected chi connectivity index (χ3v) is 3.85.